The third kappa shape index (κ3) is 2.73. The molecule has 1 aliphatic carbocycles. The molecule has 0 unspecified atom stereocenters. The Morgan fingerprint density at radius 2 is 2.13 bits per heavy atom. The van der Waals surface area contributed by atoms with E-state index in [2.05, 4.69) is 21.2 Å². The number of hydrogen-bond acceptors (Lipinski definition) is 2. The molecule has 23 heavy (non-hydrogen) atoms. The molecule has 5 nitrogen and oxygen atoms in total. The van der Waals surface area contributed by atoms with E-state index in [9.17, 15) is 14.7 Å². The lowest BCUT2D eigenvalue weighted by atomic mass is 9.81. The number of halogens is 1. The van der Waals surface area contributed by atoms with Gasteiger partial charge in [-0.25, -0.2) is 4.79 Å². The molecule has 2 amide bonds. The predicted molar refractivity (Wildman–Crippen MR) is 91.6 cm³/mol. The highest BCUT2D eigenvalue weighted by molar-refractivity contribution is 9.10. The number of aliphatic carboxylic acids is 1. The van der Waals surface area contributed by atoms with Crippen molar-refractivity contribution < 1.29 is 14.7 Å². The van der Waals surface area contributed by atoms with Gasteiger partial charge in [-0.05, 0) is 65.7 Å². The summed E-state index contributed by atoms with van der Waals surface area (Å²) >= 11 is 3.49. The van der Waals surface area contributed by atoms with E-state index in [0.717, 1.165) is 34.1 Å². The molecule has 2 atom stereocenters. The SMILES string of the molecule is Cc1cc(C)c(NC(=O)N2C[C@@H]3CCC[C@@]3(C(=O)O)C2)c(Br)c1. The molecule has 1 aliphatic heterocycles. The molecule has 3 rings (SSSR count). The van der Waals surface area contributed by atoms with E-state index < -0.39 is 11.4 Å². The van der Waals surface area contributed by atoms with Gasteiger partial charge in [0.05, 0.1) is 11.1 Å². The smallest absolute Gasteiger partial charge is 0.321 e. The van der Waals surface area contributed by atoms with Gasteiger partial charge in [-0.15, -0.1) is 0 Å². The van der Waals surface area contributed by atoms with Crippen LogP contribution in [0.3, 0.4) is 0 Å². The Bertz CT molecular complexity index is 653. The molecule has 124 valence electrons. The largest absolute Gasteiger partial charge is 0.481 e. The number of carboxylic acids is 1. The molecule has 1 aromatic rings. The second-order valence-corrected chi connectivity index (χ2v) is 7.65. The Hall–Kier alpha value is -1.56. The number of nitrogens with one attached hydrogen (secondary N) is 1. The molecule has 1 saturated carbocycles. The molecule has 0 bridgehead atoms. The van der Waals surface area contributed by atoms with Crippen molar-refractivity contribution in [3.05, 3.63) is 27.7 Å². The van der Waals surface area contributed by atoms with Crippen LogP contribution >= 0.6 is 15.9 Å². The van der Waals surface area contributed by atoms with Crippen LogP contribution in [0.4, 0.5) is 10.5 Å². The Labute approximate surface area is 144 Å². The first kappa shape index (κ1) is 16.3. The van der Waals surface area contributed by atoms with Crippen molar-refractivity contribution in [2.45, 2.75) is 33.1 Å². The van der Waals surface area contributed by atoms with Crippen LogP contribution in [0.25, 0.3) is 0 Å². The van der Waals surface area contributed by atoms with E-state index in [1.165, 1.54) is 0 Å². The molecule has 1 aromatic carbocycles. The van der Waals surface area contributed by atoms with E-state index >= 15 is 0 Å². The second kappa shape index (κ2) is 5.82. The van der Waals surface area contributed by atoms with E-state index in [-0.39, 0.29) is 11.9 Å². The molecule has 2 fully saturated rings. The summed E-state index contributed by atoms with van der Waals surface area (Å²) < 4.78 is 0.843. The van der Waals surface area contributed by atoms with Crippen LogP contribution in [0, 0.1) is 25.2 Å². The summed E-state index contributed by atoms with van der Waals surface area (Å²) in [4.78, 5) is 26.0. The first-order valence-electron chi connectivity index (χ1n) is 7.89. The van der Waals surface area contributed by atoms with Crippen LogP contribution in [0.5, 0.6) is 0 Å². The molecule has 6 heteroatoms. The maximum absolute atomic E-state index is 12.6. The zero-order valence-corrected chi connectivity index (χ0v) is 14.9. The van der Waals surface area contributed by atoms with E-state index in [4.69, 9.17) is 0 Å². The normalized spacial score (nSPS) is 26.2. The fourth-order valence-corrected chi connectivity index (χ4v) is 4.83. The number of fused-ring (bicyclic) bond motifs is 1. The standard InChI is InChI=1S/C17H21BrN2O3/c1-10-6-11(2)14(13(18)7-10)19-16(23)20-8-12-4-3-5-17(12,9-20)15(21)22/h6-7,12H,3-5,8-9H2,1-2H3,(H,19,23)(H,21,22)/t12-,17+/m0/s1. The minimum absolute atomic E-state index is 0.0771. The number of likely N-dealkylation sites (tertiary alicyclic amines) is 1. The van der Waals surface area contributed by atoms with Crippen molar-refractivity contribution >= 4 is 33.6 Å². The molecule has 2 N–H and O–H groups in total. The van der Waals surface area contributed by atoms with Crippen molar-refractivity contribution in [1.29, 1.82) is 0 Å². The summed E-state index contributed by atoms with van der Waals surface area (Å²) in [6.45, 7) is 4.79. The van der Waals surface area contributed by atoms with Gasteiger partial charge >= 0.3 is 12.0 Å². The summed E-state index contributed by atoms with van der Waals surface area (Å²) in [5, 5.41) is 12.6. The summed E-state index contributed by atoms with van der Waals surface area (Å²) in [6.07, 6.45) is 2.50. The predicted octanol–water partition coefficient (Wildman–Crippen LogP) is 3.78. The summed E-state index contributed by atoms with van der Waals surface area (Å²) in [7, 11) is 0. The van der Waals surface area contributed by atoms with Gasteiger partial charge < -0.3 is 15.3 Å². The van der Waals surface area contributed by atoms with Gasteiger partial charge in [0.1, 0.15) is 0 Å². The molecule has 0 aromatic heterocycles. The monoisotopic (exact) mass is 380 g/mol. The lowest BCUT2D eigenvalue weighted by molar-refractivity contribution is -0.149. The summed E-state index contributed by atoms with van der Waals surface area (Å²) in [5.41, 5.74) is 2.11. The average Bonchev–Trinajstić information content (AvgIpc) is 3.00. The minimum atomic E-state index is -0.761. The number of amides is 2. The Kier molecular flexibility index (Phi) is 4.12. The third-order valence-corrected chi connectivity index (χ3v) is 5.87. The number of nitrogens with zero attached hydrogens (tertiary/aromatic N) is 1. The maximum Gasteiger partial charge on any atom is 0.321 e. The minimum Gasteiger partial charge on any atom is -0.481 e. The Balaban J connectivity index is 1.77. The zero-order valence-electron chi connectivity index (χ0n) is 13.4. The van der Waals surface area contributed by atoms with E-state index in [1.54, 1.807) is 4.90 Å². The van der Waals surface area contributed by atoms with Gasteiger partial charge in [0.25, 0.3) is 0 Å². The number of carboxylic acid groups (broad SMARTS) is 1. The molecule has 2 aliphatic rings. The molecule has 1 heterocycles. The Morgan fingerprint density at radius 3 is 2.74 bits per heavy atom. The number of aryl methyl sites for hydroxylation is 2. The van der Waals surface area contributed by atoms with Crippen molar-refractivity contribution in [2.75, 3.05) is 18.4 Å². The average molecular weight is 381 g/mol. The van der Waals surface area contributed by atoms with Gasteiger partial charge in [0.2, 0.25) is 0 Å². The van der Waals surface area contributed by atoms with Crippen LogP contribution in [-0.4, -0.2) is 35.1 Å². The first-order chi connectivity index (χ1) is 10.8. The number of benzene rings is 1. The van der Waals surface area contributed by atoms with Crippen molar-refractivity contribution in [3.8, 4) is 0 Å². The van der Waals surface area contributed by atoms with Crippen molar-refractivity contribution in [1.82, 2.24) is 4.90 Å². The molecular formula is C17H21BrN2O3. The van der Waals surface area contributed by atoms with Crippen LogP contribution in [0.15, 0.2) is 16.6 Å². The van der Waals surface area contributed by atoms with Crippen LogP contribution in [-0.2, 0) is 4.79 Å². The van der Waals surface area contributed by atoms with Crippen molar-refractivity contribution in [2.24, 2.45) is 11.3 Å². The number of carbonyl (C=O) groups excluding carboxylic acids is 1. The zero-order chi connectivity index (χ0) is 16.8. The van der Waals surface area contributed by atoms with Gasteiger partial charge in [-0.1, -0.05) is 12.5 Å². The first-order valence-corrected chi connectivity index (χ1v) is 8.69. The lowest BCUT2D eigenvalue weighted by Crippen LogP contribution is -2.38. The quantitative estimate of drug-likeness (QED) is 0.819. The van der Waals surface area contributed by atoms with Crippen molar-refractivity contribution in [3.63, 3.8) is 0 Å². The van der Waals surface area contributed by atoms with Gasteiger partial charge in [-0.2, -0.15) is 0 Å². The van der Waals surface area contributed by atoms with Crippen LogP contribution in [0.2, 0.25) is 0 Å². The number of hydrogen-bond donors (Lipinski definition) is 2. The highest BCUT2D eigenvalue weighted by atomic mass is 79.9. The van der Waals surface area contributed by atoms with E-state index in [1.807, 2.05) is 26.0 Å². The summed E-state index contributed by atoms with van der Waals surface area (Å²) in [5.74, 6) is -0.684. The fraction of sp³-hybridized carbons (Fsp3) is 0.529. The number of carbonyl (C=O) groups is 2. The maximum atomic E-state index is 12.6. The van der Waals surface area contributed by atoms with Crippen LogP contribution < -0.4 is 5.32 Å². The molecule has 0 spiro atoms. The highest BCUT2D eigenvalue weighted by Gasteiger charge is 2.55. The fourth-order valence-electron chi connectivity index (χ4n) is 4.05. The third-order valence-electron chi connectivity index (χ3n) is 5.25. The van der Waals surface area contributed by atoms with Gasteiger partial charge in [-0.3, -0.25) is 4.79 Å². The Morgan fingerprint density at radius 1 is 1.39 bits per heavy atom. The van der Waals surface area contributed by atoms with Gasteiger partial charge in [0.15, 0.2) is 0 Å². The number of rotatable bonds is 2. The number of anilines is 1. The molecule has 0 radical (unpaired) electrons. The topological polar surface area (TPSA) is 69.6 Å². The second-order valence-electron chi connectivity index (χ2n) is 6.80. The summed E-state index contributed by atoms with van der Waals surface area (Å²) in [6, 6.07) is 3.76. The highest BCUT2D eigenvalue weighted by Crippen LogP contribution is 2.49. The lowest BCUT2D eigenvalue weighted by Gasteiger charge is -2.23. The number of urea groups is 1. The van der Waals surface area contributed by atoms with Gasteiger partial charge in [0, 0.05) is 17.6 Å². The van der Waals surface area contributed by atoms with Crippen LogP contribution in [0.1, 0.15) is 30.4 Å². The van der Waals surface area contributed by atoms with E-state index in [0.29, 0.717) is 19.5 Å². The molecule has 1 saturated heterocycles. The molecular weight excluding hydrogens is 360 g/mol.